The molecule has 192 valence electrons. The summed E-state index contributed by atoms with van der Waals surface area (Å²) in [5.41, 5.74) is 1.96. The first-order valence-corrected chi connectivity index (χ1v) is 11.9. The number of aryl methyl sites for hydroxylation is 1. The number of hydrogen-bond acceptors (Lipinski definition) is 5. The van der Waals surface area contributed by atoms with Crippen molar-refractivity contribution in [3.8, 4) is 11.8 Å². The molecule has 2 aromatic carbocycles. The molecular formula is C28H28F3N5O. The van der Waals surface area contributed by atoms with Gasteiger partial charge in [-0.1, -0.05) is 24.0 Å². The van der Waals surface area contributed by atoms with Crippen LogP contribution in [0.2, 0.25) is 0 Å². The Kier molecular flexibility index (Phi) is 7.91. The van der Waals surface area contributed by atoms with Crippen molar-refractivity contribution in [1.29, 1.82) is 0 Å². The topological polar surface area (TPSA) is 61.4 Å². The van der Waals surface area contributed by atoms with Crippen LogP contribution in [0.15, 0.2) is 55.1 Å². The third-order valence-corrected chi connectivity index (χ3v) is 6.45. The second kappa shape index (κ2) is 11.1. The van der Waals surface area contributed by atoms with E-state index >= 15 is 0 Å². The Hall–Kier alpha value is -3.74. The normalized spacial score (nSPS) is 15.9. The van der Waals surface area contributed by atoms with Gasteiger partial charge in [-0.15, -0.1) is 0 Å². The van der Waals surface area contributed by atoms with E-state index in [1.165, 1.54) is 18.5 Å². The largest absolute Gasteiger partial charge is 0.416 e. The fourth-order valence-corrected chi connectivity index (χ4v) is 4.28. The molecule has 1 atom stereocenters. The van der Waals surface area contributed by atoms with Gasteiger partial charge >= 0.3 is 6.18 Å². The zero-order chi connectivity index (χ0) is 26.6. The highest BCUT2D eigenvalue weighted by molar-refractivity contribution is 6.04. The number of rotatable bonds is 5. The first-order chi connectivity index (χ1) is 17.6. The lowest BCUT2D eigenvalue weighted by Crippen LogP contribution is -2.31. The number of aromatic nitrogens is 2. The van der Waals surface area contributed by atoms with Gasteiger partial charge in [0.1, 0.15) is 6.33 Å². The molecule has 37 heavy (non-hydrogen) atoms. The summed E-state index contributed by atoms with van der Waals surface area (Å²) in [4.78, 5) is 24.9. The van der Waals surface area contributed by atoms with E-state index in [1.807, 2.05) is 25.9 Å². The first kappa shape index (κ1) is 26.3. The van der Waals surface area contributed by atoms with Gasteiger partial charge in [0.05, 0.1) is 11.1 Å². The van der Waals surface area contributed by atoms with Crippen molar-refractivity contribution in [2.75, 3.05) is 32.5 Å². The number of alkyl halides is 3. The van der Waals surface area contributed by atoms with Crippen molar-refractivity contribution in [3.63, 3.8) is 0 Å². The second-order valence-electron chi connectivity index (χ2n) is 9.37. The SMILES string of the molecule is Cc1ccc(C(=O)Nc2ccc(CN3CC[C@H](N(C)C)C3)c(C(F)(F)F)c2)cc1C#Cc1cncnc1. The number of halogens is 3. The van der Waals surface area contributed by atoms with Crippen LogP contribution in [-0.4, -0.2) is 58.9 Å². The molecular weight excluding hydrogens is 479 g/mol. The van der Waals surface area contributed by atoms with Crippen LogP contribution in [0.4, 0.5) is 18.9 Å². The van der Waals surface area contributed by atoms with E-state index in [1.54, 1.807) is 30.6 Å². The van der Waals surface area contributed by atoms with Crippen LogP contribution in [0.25, 0.3) is 0 Å². The zero-order valence-corrected chi connectivity index (χ0v) is 20.9. The van der Waals surface area contributed by atoms with Gasteiger partial charge < -0.3 is 10.2 Å². The third kappa shape index (κ3) is 6.73. The predicted octanol–water partition coefficient (Wildman–Crippen LogP) is 4.59. The van der Waals surface area contributed by atoms with Crippen LogP contribution >= 0.6 is 0 Å². The minimum absolute atomic E-state index is 0.0864. The Balaban J connectivity index is 1.52. The number of nitrogens with one attached hydrogen (secondary N) is 1. The number of nitrogens with zero attached hydrogens (tertiary/aromatic N) is 4. The number of anilines is 1. The second-order valence-corrected chi connectivity index (χ2v) is 9.37. The fraction of sp³-hybridized carbons (Fsp3) is 0.321. The van der Waals surface area contributed by atoms with E-state index in [2.05, 4.69) is 32.0 Å². The average molecular weight is 508 g/mol. The molecule has 9 heteroatoms. The molecule has 1 aromatic heterocycles. The van der Waals surface area contributed by atoms with E-state index < -0.39 is 17.6 Å². The molecule has 0 aliphatic carbocycles. The number of amides is 1. The summed E-state index contributed by atoms with van der Waals surface area (Å²) in [5, 5.41) is 2.61. The molecule has 1 aliphatic heterocycles. The standard InChI is InChI=1S/C28H28F3N5O/c1-19-4-6-22(12-21(19)7-5-20-14-32-18-33-15-20)27(37)34-24-9-8-23(26(13-24)28(29,30)31)16-36-11-10-25(17-36)35(2)3/h4,6,8-9,12-15,18,25H,10-11,16-17H2,1-3H3,(H,34,37)/t25-/m0/s1. The number of benzene rings is 2. The monoisotopic (exact) mass is 507 g/mol. The predicted molar refractivity (Wildman–Crippen MR) is 136 cm³/mol. The molecule has 0 spiro atoms. The van der Waals surface area contributed by atoms with Crippen molar-refractivity contribution in [1.82, 2.24) is 19.8 Å². The van der Waals surface area contributed by atoms with E-state index in [0.717, 1.165) is 31.1 Å². The molecule has 2 heterocycles. The van der Waals surface area contributed by atoms with Crippen LogP contribution in [0.5, 0.6) is 0 Å². The van der Waals surface area contributed by atoms with E-state index in [-0.39, 0.29) is 17.8 Å². The number of likely N-dealkylation sites (N-methyl/N-ethyl adjacent to an activating group) is 1. The summed E-state index contributed by atoms with van der Waals surface area (Å²) in [6, 6.07) is 9.31. The summed E-state index contributed by atoms with van der Waals surface area (Å²) in [6.45, 7) is 3.54. The molecule has 4 rings (SSSR count). The molecule has 1 aliphatic rings. The molecule has 0 unspecified atom stereocenters. The Labute approximate surface area is 214 Å². The van der Waals surface area contributed by atoms with Gasteiger partial charge in [-0.05, 0) is 62.8 Å². The molecule has 0 radical (unpaired) electrons. The summed E-state index contributed by atoms with van der Waals surface area (Å²) in [5.74, 6) is 5.44. The maximum atomic E-state index is 13.9. The lowest BCUT2D eigenvalue weighted by Gasteiger charge is -2.22. The molecule has 1 N–H and O–H groups in total. The van der Waals surface area contributed by atoms with E-state index in [0.29, 0.717) is 22.7 Å². The summed E-state index contributed by atoms with van der Waals surface area (Å²) in [7, 11) is 3.96. The summed E-state index contributed by atoms with van der Waals surface area (Å²) >= 11 is 0. The maximum Gasteiger partial charge on any atom is 0.416 e. The molecule has 6 nitrogen and oxygen atoms in total. The van der Waals surface area contributed by atoms with Crippen LogP contribution in [-0.2, 0) is 12.7 Å². The highest BCUT2D eigenvalue weighted by atomic mass is 19.4. The van der Waals surface area contributed by atoms with Gasteiger partial charge in [-0.25, -0.2) is 9.97 Å². The molecule has 3 aromatic rings. The average Bonchev–Trinajstić information content (AvgIpc) is 3.33. The van der Waals surface area contributed by atoms with Gasteiger partial charge in [-0.2, -0.15) is 13.2 Å². The Morgan fingerprint density at radius 2 is 1.89 bits per heavy atom. The molecule has 1 amide bonds. The van der Waals surface area contributed by atoms with Gasteiger partial charge in [-0.3, -0.25) is 9.69 Å². The smallest absolute Gasteiger partial charge is 0.322 e. The lowest BCUT2D eigenvalue weighted by molar-refractivity contribution is -0.138. The number of likely N-dealkylation sites (tertiary alicyclic amines) is 1. The van der Waals surface area contributed by atoms with Crippen LogP contribution < -0.4 is 5.32 Å². The van der Waals surface area contributed by atoms with E-state index in [4.69, 9.17) is 0 Å². The summed E-state index contributed by atoms with van der Waals surface area (Å²) in [6.07, 6.45) is 0.955. The van der Waals surface area contributed by atoms with Crippen molar-refractivity contribution >= 4 is 11.6 Å². The Bertz CT molecular complexity index is 1330. The van der Waals surface area contributed by atoms with E-state index in [9.17, 15) is 18.0 Å². The summed E-state index contributed by atoms with van der Waals surface area (Å²) < 4.78 is 41.8. The van der Waals surface area contributed by atoms with Crippen molar-refractivity contribution in [2.24, 2.45) is 0 Å². The maximum absolute atomic E-state index is 13.9. The molecule has 1 saturated heterocycles. The Morgan fingerprint density at radius 3 is 2.57 bits per heavy atom. The quantitative estimate of drug-likeness (QED) is 0.512. The molecule has 1 fully saturated rings. The van der Waals surface area contributed by atoms with Gasteiger partial charge in [0.2, 0.25) is 0 Å². The number of hydrogen-bond donors (Lipinski definition) is 1. The van der Waals surface area contributed by atoms with Crippen LogP contribution in [0.3, 0.4) is 0 Å². The number of carbonyl (C=O) groups excluding carboxylic acids is 1. The third-order valence-electron chi connectivity index (χ3n) is 6.45. The minimum Gasteiger partial charge on any atom is -0.322 e. The first-order valence-electron chi connectivity index (χ1n) is 11.9. The van der Waals surface area contributed by atoms with Crippen LogP contribution in [0.1, 0.15) is 44.6 Å². The van der Waals surface area contributed by atoms with Crippen molar-refractivity contribution in [2.45, 2.75) is 32.1 Å². The molecule has 0 bridgehead atoms. The van der Waals surface area contributed by atoms with Gasteiger partial charge in [0, 0.05) is 54.9 Å². The highest BCUT2D eigenvalue weighted by Gasteiger charge is 2.35. The van der Waals surface area contributed by atoms with Crippen molar-refractivity contribution in [3.05, 3.63) is 88.5 Å². The fourth-order valence-electron chi connectivity index (χ4n) is 4.28. The number of carbonyl (C=O) groups is 1. The van der Waals surface area contributed by atoms with Crippen molar-refractivity contribution < 1.29 is 18.0 Å². The van der Waals surface area contributed by atoms with Crippen LogP contribution in [0, 0.1) is 18.8 Å². The Morgan fingerprint density at radius 1 is 1.14 bits per heavy atom. The minimum atomic E-state index is -4.54. The lowest BCUT2D eigenvalue weighted by atomic mass is 10.0. The zero-order valence-electron chi connectivity index (χ0n) is 20.9. The van der Waals surface area contributed by atoms with Gasteiger partial charge in [0.25, 0.3) is 5.91 Å². The molecule has 0 saturated carbocycles. The van der Waals surface area contributed by atoms with Gasteiger partial charge in [0.15, 0.2) is 0 Å². The highest BCUT2D eigenvalue weighted by Crippen LogP contribution is 2.35.